The molecule has 0 aliphatic carbocycles. The van der Waals surface area contributed by atoms with Gasteiger partial charge in [0, 0.05) is 12.3 Å². The van der Waals surface area contributed by atoms with Gasteiger partial charge >= 0.3 is 0 Å². The Morgan fingerprint density at radius 2 is 2.24 bits per heavy atom. The minimum atomic E-state index is -0.138. The summed E-state index contributed by atoms with van der Waals surface area (Å²) in [5.74, 6) is 0.667. The minimum absolute atomic E-state index is 0.138. The van der Waals surface area contributed by atoms with E-state index in [2.05, 4.69) is 15.3 Å². The number of nitrogens with one attached hydrogen (secondary N) is 2. The maximum atomic E-state index is 11.7. The average Bonchev–Trinajstić information content (AvgIpc) is 2.35. The number of fused-ring (bicyclic) bond motifs is 1. The van der Waals surface area contributed by atoms with Crippen LogP contribution in [0.25, 0.3) is 10.9 Å². The van der Waals surface area contributed by atoms with Gasteiger partial charge in [0.25, 0.3) is 5.56 Å². The number of hydrogen-bond acceptors (Lipinski definition) is 4. The van der Waals surface area contributed by atoms with Crippen LogP contribution in [0.5, 0.6) is 0 Å². The number of nitrogens with zero attached hydrogens (tertiary/aromatic N) is 1. The molecule has 0 bridgehead atoms. The zero-order valence-electron chi connectivity index (χ0n) is 8.97. The first-order valence-corrected chi connectivity index (χ1v) is 6.09. The average molecular weight is 249 g/mol. The van der Waals surface area contributed by atoms with Crippen LogP contribution in [0, 0.1) is 0 Å². The molecule has 0 aliphatic rings. The van der Waals surface area contributed by atoms with E-state index in [1.807, 2.05) is 6.07 Å². The molecule has 0 unspecified atom stereocenters. The third-order valence-electron chi connectivity index (χ3n) is 2.16. The number of aromatic amines is 1. The number of benzene rings is 1. The van der Waals surface area contributed by atoms with Gasteiger partial charge in [-0.1, -0.05) is 23.9 Å². The van der Waals surface area contributed by atoms with Gasteiger partial charge in [0.2, 0.25) is 6.41 Å². The Hall–Kier alpha value is -1.82. The summed E-state index contributed by atoms with van der Waals surface area (Å²) in [6.45, 7) is 0.546. The van der Waals surface area contributed by atoms with Gasteiger partial charge in [0.15, 0.2) is 5.16 Å². The zero-order valence-corrected chi connectivity index (χ0v) is 9.79. The van der Waals surface area contributed by atoms with E-state index in [0.717, 1.165) is 0 Å². The maximum Gasteiger partial charge on any atom is 0.259 e. The maximum absolute atomic E-state index is 11.7. The molecule has 2 aromatic rings. The first-order valence-electron chi connectivity index (χ1n) is 5.10. The van der Waals surface area contributed by atoms with Gasteiger partial charge in [-0.3, -0.25) is 9.59 Å². The van der Waals surface area contributed by atoms with Crippen molar-refractivity contribution in [3.05, 3.63) is 34.6 Å². The molecule has 17 heavy (non-hydrogen) atoms. The molecule has 1 heterocycles. The molecular formula is C11H11N3O2S. The lowest BCUT2D eigenvalue weighted by atomic mass is 10.2. The van der Waals surface area contributed by atoms with Crippen molar-refractivity contribution < 1.29 is 4.79 Å². The molecule has 0 spiro atoms. The second-order valence-electron chi connectivity index (χ2n) is 3.31. The van der Waals surface area contributed by atoms with Gasteiger partial charge in [0.05, 0.1) is 10.9 Å². The van der Waals surface area contributed by atoms with Crippen molar-refractivity contribution in [2.24, 2.45) is 0 Å². The summed E-state index contributed by atoms with van der Waals surface area (Å²) in [6.07, 6.45) is 0.650. The monoisotopic (exact) mass is 249 g/mol. The predicted octanol–water partition coefficient (Wildman–Crippen LogP) is 0.761. The van der Waals surface area contributed by atoms with Crippen LogP contribution in [0.2, 0.25) is 0 Å². The van der Waals surface area contributed by atoms with E-state index in [1.54, 1.807) is 18.2 Å². The lowest BCUT2D eigenvalue weighted by Gasteiger charge is -2.02. The standard InChI is InChI=1S/C11H11N3O2S/c15-7-12-5-6-17-11-13-9-4-2-1-3-8(9)10(16)14-11/h1-4,7H,5-6H2,(H,12,15)(H,13,14,16). The smallest absolute Gasteiger partial charge is 0.259 e. The Morgan fingerprint density at radius 1 is 1.41 bits per heavy atom. The highest BCUT2D eigenvalue weighted by Crippen LogP contribution is 2.13. The molecule has 2 rings (SSSR count). The Morgan fingerprint density at radius 3 is 3.06 bits per heavy atom. The number of amides is 1. The molecule has 0 saturated heterocycles. The quantitative estimate of drug-likeness (QED) is 0.355. The first-order chi connectivity index (χ1) is 8.31. The predicted molar refractivity (Wildman–Crippen MR) is 67.2 cm³/mol. The van der Waals surface area contributed by atoms with Crippen molar-refractivity contribution in [3.8, 4) is 0 Å². The highest BCUT2D eigenvalue weighted by atomic mass is 32.2. The zero-order chi connectivity index (χ0) is 12.1. The second-order valence-corrected chi connectivity index (χ2v) is 4.39. The fourth-order valence-electron chi connectivity index (χ4n) is 1.40. The summed E-state index contributed by atoms with van der Waals surface area (Å²) in [7, 11) is 0. The number of rotatable bonds is 5. The summed E-state index contributed by atoms with van der Waals surface area (Å²) in [5, 5.41) is 3.71. The fourth-order valence-corrected chi connectivity index (χ4v) is 2.14. The molecule has 0 aliphatic heterocycles. The molecule has 88 valence electrons. The van der Waals surface area contributed by atoms with E-state index in [9.17, 15) is 9.59 Å². The number of H-pyrrole nitrogens is 1. The summed E-state index contributed by atoms with van der Waals surface area (Å²) < 4.78 is 0. The Balaban J connectivity index is 2.19. The molecule has 2 N–H and O–H groups in total. The van der Waals surface area contributed by atoms with E-state index in [4.69, 9.17) is 0 Å². The summed E-state index contributed by atoms with van der Waals surface area (Å²) >= 11 is 1.40. The third kappa shape index (κ3) is 2.85. The van der Waals surface area contributed by atoms with Crippen LogP contribution in [0.1, 0.15) is 0 Å². The van der Waals surface area contributed by atoms with E-state index in [1.165, 1.54) is 11.8 Å². The Labute approximate surface area is 102 Å². The SMILES string of the molecule is O=CNCCSc1nc2ccccc2c(=O)[nH]1. The fraction of sp³-hybridized carbons (Fsp3) is 0.182. The molecule has 0 atom stereocenters. The topological polar surface area (TPSA) is 74.8 Å². The molecule has 6 heteroatoms. The summed E-state index contributed by atoms with van der Waals surface area (Å²) in [4.78, 5) is 28.8. The Kier molecular flexibility index (Phi) is 3.77. The lowest BCUT2D eigenvalue weighted by Crippen LogP contribution is -2.15. The molecule has 0 fully saturated rings. The van der Waals surface area contributed by atoms with Crippen molar-refractivity contribution in [1.82, 2.24) is 15.3 Å². The van der Waals surface area contributed by atoms with Crippen LogP contribution in [0.15, 0.2) is 34.2 Å². The molecule has 0 radical (unpaired) electrons. The van der Waals surface area contributed by atoms with Gasteiger partial charge in [-0.2, -0.15) is 0 Å². The molecule has 1 amide bonds. The van der Waals surface area contributed by atoms with Crippen LogP contribution >= 0.6 is 11.8 Å². The molecular weight excluding hydrogens is 238 g/mol. The largest absolute Gasteiger partial charge is 0.358 e. The number of carbonyl (C=O) groups excluding carboxylic acids is 1. The van der Waals surface area contributed by atoms with Crippen molar-refractivity contribution in [1.29, 1.82) is 0 Å². The molecule has 1 aromatic heterocycles. The van der Waals surface area contributed by atoms with Gasteiger partial charge in [-0.05, 0) is 12.1 Å². The third-order valence-corrected chi connectivity index (χ3v) is 3.03. The summed E-state index contributed by atoms with van der Waals surface area (Å²) in [5.41, 5.74) is 0.545. The van der Waals surface area contributed by atoms with E-state index in [-0.39, 0.29) is 5.56 Å². The van der Waals surface area contributed by atoms with Gasteiger partial charge < -0.3 is 10.3 Å². The van der Waals surface area contributed by atoms with Crippen LogP contribution in [0.4, 0.5) is 0 Å². The minimum Gasteiger partial charge on any atom is -0.358 e. The summed E-state index contributed by atoms with van der Waals surface area (Å²) in [6, 6.07) is 7.19. The Bertz CT molecular complexity index is 582. The number of para-hydroxylation sites is 1. The van der Waals surface area contributed by atoms with Crippen LogP contribution in [-0.2, 0) is 4.79 Å². The number of aromatic nitrogens is 2. The van der Waals surface area contributed by atoms with Crippen LogP contribution in [0.3, 0.4) is 0 Å². The number of thioether (sulfide) groups is 1. The van der Waals surface area contributed by atoms with Crippen molar-refractivity contribution >= 4 is 29.1 Å². The molecule has 1 aromatic carbocycles. The highest BCUT2D eigenvalue weighted by molar-refractivity contribution is 7.99. The first kappa shape index (κ1) is 11.7. The lowest BCUT2D eigenvalue weighted by molar-refractivity contribution is -0.109. The van der Waals surface area contributed by atoms with Crippen molar-refractivity contribution in [2.75, 3.05) is 12.3 Å². The van der Waals surface area contributed by atoms with Gasteiger partial charge in [-0.25, -0.2) is 4.98 Å². The number of carbonyl (C=O) groups is 1. The molecule has 5 nitrogen and oxygen atoms in total. The van der Waals surface area contributed by atoms with Gasteiger partial charge in [-0.15, -0.1) is 0 Å². The van der Waals surface area contributed by atoms with Crippen LogP contribution in [-0.4, -0.2) is 28.7 Å². The van der Waals surface area contributed by atoms with Crippen molar-refractivity contribution in [3.63, 3.8) is 0 Å². The highest BCUT2D eigenvalue weighted by Gasteiger charge is 2.02. The molecule has 0 saturated carbocycles. The van der Waals surface area contributed by atoms with E-state index >= 15 is 0 Å². The van der Waals surface area contributed by atoms with Crippen molar-refractivity contribution in [2.45, 2.75) is 5.16 Å². The number of hydrogen-bond donors (Lipinski definition) is 2. The normalized spacial score (nSPS) is 10.4. The second kappa shape index (κ2) is 5.49. The van der Waals surface area contributed by atoms with E-state index < -0.39 is 0 Å². The van der Waals surface area contributed by atoms with E-state index in [0.29, 0.717) is 34.8 Å². The van der Waals surface area contributed by atoms with Crippen LogP contribution < -0.4 is 10.9 Å². The van der Waals surface area contributed by atoms with Gasteiger partial charge in [0.1, 0.15) is 0 Å².